The first-order valence-corrected chi connectivity index (χ1v) is 6.98. The number of carbonyl (C=O) groups excluding carboxylic acids is 1. The Balaban J connectivity index is 2.66. The molecule has 0 bridgehead atoms. The summed E-state index contributed by atoms with van der Waals surface area (Å²) in [4.78, 5) is 11.5. The summed E-state index contributed by atoms with van der Waals surface area (Å²) in [6.45, 7) is 3.96. The van der Waals surface area contributed by atoms with Crippen molar-refractivity contribution in [2.75, 3.05) is 6.54 Å². The Hall–Kier alpha value is -1.88. The molecule has 0 aliphatic heterocycles. The zero-order valence-corrected chi connectivity index (χ0v) is 10.7. The summed E-state index contributed by atoms with van der Waals surface area (Å²) >= 11 is 0. The zero-order valence-electron chi connectivity index (χ0n) is 9.87. The van der Waals surface area contributed by atoms with Crippen molar-refractivity contribution in [1.29, 1.82) is 0 Å². The van der Waals surface area contributed by atoms with Gasteiger partial charge in [0.05, 0.1) is 4.90 Å². The van der Waals surface area contributed by atoms with E-state index in [0.717, 1.165) is 11.5 Å². The van der Waals surface area contributed by atoms with Crippen molar-refractivity contribution in [2.24, 2.45) is 0 Å². The number of sulfone groups is 1. The molecule has 0 radical (unpaired) electrons. The maximum absolute atomic E-state index is 11.8. The Labute approximate surface area is 107 Å². The molecule has 0 unspecified atom stereocenters. The molecule has 0 heterocycles. The van der Waals surface area contributed by atoms with E-state index in [4.69, 9.17) is 0 Å². The molecule has 0 spiro atoms. The smallest absolute Gasteiger partial charge is 0.244 e. The second-order valence-electron chi connectivity index (χ2n) is 3.53. The molecule has 1 N–H and O–H groups in total. The van der Waals surface area contributed by atoms with E-state index in [1.807, 2.05) is 0 Å². The van der Waals surface area contributed by atoms with Gasteiger partial charge in [-0.1, -0.05) is 24.3 Å². The van der Waals surface area contributed by atoms with Gasteiger partial charge in [0.15, 0.2) is 9.84 Å². The van der Waals surface area contributed by atoms with Gasteiger partial charge in [-0.3, -0.25) is 4.79 Å². The molecule has 0 fully saturated rings. The number of amides is 1. The van der Waals surface area contributed by atoms with Gasteiger partial charge in [-0.05, 0) is 18.6 Å². The van der Waals surface area contributed by atoms with Crippen LogP contribution in [0.4, 0.5) is 0 Å². The standard InChI is InChI=1S/C13H15NO3S/c1-2-3-10-14-13(15)9-11-18(16,17)12-7-5-4-6-8-12/h2,4-9,11H,1,3,10H2,(H,14,15)/b11-9+. The highest BCUT2D eigenvalue weighted by Crippen LogP contribution is 2.10. The lowest BCUT2D eigenvalue weighted by molar-refractivity contribution is -0.116. The zero-order chi connectivity index (χ0) is 13.4. The van der Waals surface area contributed by atoms with E-state index in [-0.39, 0.29) is 4.90 Å². The van der Waals surface area contributed by atoms with Gasteiger partial charge in [0.25, 0.3) is 0 Å². The molecular weight excluding hydrogens is 250 g/mol. The molecule has 0 atom stereocenters. The van der Waals surface area contributed by atoms with E-state index in [0.29, 0.717) is 13.0 Å². The number of hydrogen-bond donors (Lipinski definition) is 1. The number of nitrogens with one attached hydrogen (secondary N) is 1. The number of carbonyl (C=O) groups is 1. The van der Waals surface area contributed by atoms with Crippen LogP contribution in [-0.2, 0) is 14.6 Å². The molecule has 5 heteroatoms. The van der Waals surface area contributed by atoms with Gasteiger partial charge < -0.3 is 5.32 Å². The predicted molar refractivity (Wildman–Crippen MR) is 70.6 cm³/mol. The van der Waals surface area contributed by atoms with Gasteiger partial charge in [0.2, 0.25) is 5.91 Å². The van der Waals surface area contributed by atoms with Crippen LogP contribution in [0.2, 0.25) is 0 Å². The molecular formula is C13H15NO3S. The molecule has 0 aliphatic carbocycles. The van der Waals surface area contributed by atoms with E-state index < -0.39 is 15.7 Å². The Kier molecular flexibility index (Phi) is 5.32. The third kappa shape index (κ3) is 4.55. The lowest BCUT2D eigenvalue weighted by atomic mass is 10.4. The summed E-state index contributed by atoms with van der Waals surface area (Å²) in [6, 6.07) is 7.95. The molecule has 1 amide bonds. The fourth-order valence-corrected chi connectivity index (χ4v) is 2.19. The van der Waals surface area contributed by atoms with E-state index >= 15 is 0 Å². The maximum Gasteiger partial charge on any atom is 0.244 e. The van der Waals surface area contributed by atoms with Crippen molar-refractivity contribution >= 4 is 15.7 Å². The summed E-state index contributed by atoms with van der Waals surface area (Å²) in [5.74, 6) is -0.434. The summed E-state index contributed by atoms with van der Waals surface area (Å²) in [5.41, 5.74) is 0. The fraction of sp³-hybridized carbons (Fsp3) is 0.154. The van der Waals surface area contributed by atoms with Gasteiger partial charge in [-0.25, -0.2) is 8.42 Å². The average Bonchev–Trinajstić information content (AvgIpc) is 2.38. The number of hydrogen-bond acceptors (Lipinski definition) is 3. The predicted octanol–water partition coefficient (Wildman–Crippen LogP) is 1.67. The minimum atomic E-state index is -3.55. The third-order valence-electron chi connectivity index (χ3n) is 2.12. The highest BCUT2D eigenvalue weighted by Gasteiger charge is 2.09. The lowest BCUT2D eigenvalue weighted by Gasteiger charge is -1.99. The molecule has 0 saturated carbocycles. The summed E-state index contributed by atoms with van der Waals surface area (Å²) in [6.07, 6.45) is 3.33. The Morgan fingerprint density at radius 3 is 2.56 bits per heavy atom. The van der Waals surface area contributed by atoms with Crippen molar-refractivity contribution in [3.05, 3.63) is 54.5 Å². The second kappa shape index (κ2) is 6.76. The van der Waals surface area contributed by atoms with E-state index in [1.54, 1.807) is 24.3 Å². The molecule has 1 aromatic rings. The maximum atomic E-state index is 11.8. The first kappa shape index (κ1) is 14.2. The Bertz CT molecular complexity index is 533. The highest BCUT2D eigenvalue weighted by molar-refractivity contribution is 7.94. The molecule has 0 aromatic heterocycles. The molecule has 18 heavy (non-hydrogen) atoms. The molecule has 4 nitrogen and oxygen atoms in total. The van der Waals surface area contributed by atoms with Crippen LogP contribution in [0.5, 0.6) is 0 Å². The minimum absolute atomic E-state index is 0.167. The van der Waals surface area contributed by atoms with Gasteiger partial charge >= 0.3 is 0 Å². The summed E-state index contributed by atoms with van der Waals surface area (Å²) < 4.78 is 23.6. The first-order valence-electron chi connectivity index (χ1n) is 5.43. The fourth-order valence-electron chi connectivity index (χ4n) is 1.20. The van der Waals surface area contributed by atoms with Crippen molar-refractivity contribution < 1.29 is 13.2 Å². The van der Waals surface area contributed by atoms with Crippen LogP contribution >= 0.6 is 0 Å². The summed E-state index contributed by atoms with van der Waals surface area (Å²) in [5, 5.41) is 3.45. The second-order valence-corrected chi connectivity index (χ2v) is 5.36. The first-order chi connectivity index (χ1) is 8.56. The number of rotatable bonds is 6. The quantitative estimate of drug-likeness (QED) is 0.483. The van der Waals surface area contributed by atoms with Crippen molar-refractivity contribution in [2.45, 2.75) is 11.3 Å². The highest BCUT2D eigenvalue weighted by atomic mass is 32.2. The Morgan fingerprint density at radius 1 is 1.28 bits per heavy atom. The van der Waals surface area contributed by atoms with Crippen LogP contribution in [0.3, 0.4) is 0 Å². The molecule has 1 rings (SSSR count). The van der Waals surface area contributed by atoms with Crippen LogP contribution in [0.25, 0.3) is 0 Å². The van der Waals surface area contributed by atoms with Crippen molar-refractivity contribution in [1.82, 2.24) is 5.32 Å². The van der Waals surface area contributed by atoms with Gasteiger partial charge in [-0.2, -0.15) is 0 Å². The molecule has 0 saturated heterocycles. The largest absolute Gasteiger partial charge is 0.352 e. The van der Waals surface area contributed by atoms with Crippen LogP contribution in [0.1, 0.15) is 6.42 Å². The van der Waals surface area contributed by atoms with Crippen molar-refractivity contribution in [3.8, 4) is 0 Å². The SMILES string of the molecule is C=CCCNC(=O)/C=C/S(=O)(=O)c1ccccc1. The minimum Gasteiger partial charge on any atom is -0.352 e. The molecule has 0 aliphatic rings. The van der Waals surface area contributed by atoms with Gasteiger partial charge in [0, 0.05) is 18.0 Å². The van der Waals surface area contributed by atoms with Crippen LogP contribution in [0.15, 0.2) is 59.4 Å². The lowest BCUT2D eigenvalue weighted by Crippen LogP contribution is -2.21. The van der Waals surface area contributed by atoms with E-state index in [2.05, 4.69) is 11.9 Å². The van der Waals surface area contributed by atoms with E-state index in [9.17, 15) is 13.2 Å². The topological polar surface area (TPSA) is 63.2 Å². The number of benzene rings is 1. The van der Waals surface area contributed by atoms with Gasteiger partial charge in [-0.15, -0.1) is 6.58 Å². The molecule has 96 valence electrons. The monoisotopic (exact) mass is 265 g/mol. The van der Waals surface area contributed by atoms with Gasteiger partial charge in [0.1, 0.15) is 0 Å². The Morgan fingerprint density at radius 2 is 1.94 bits per heavy atom. The average molecular weight is 265 g/mol. The van der Waals surface area contributed by atoms with Crippen LogP contribution in [0, 0.1) is 0 Å². The third-order valence-corrected chi connectivity index (χ3v) is 3.54. The normalized spacial score (nSPS) is 11.3. The van der Waals surface area contributed by atoms with Crippen LogP contribution in [-0.4, -0.2) is 20.9 Å². The summed E-state index contributed by atoms with van der Waals surface area (Å²) in [7, 11) is -3.55. The van der Waals surface area contributed by atoms with Crippen molar-refractivity contribution in [3.63, 3.8) is 0 Å². The van der Waals surface area contributed by atoms with Crippen LogP contribution < -0.4 is 5.32 Å². The van der Waals surface area contributed by atoms with E-state index in [1.165, 1.54) is 12.1 Å². The molecule has 1 aromatic carbocycles.